The first-order valence-electron chi connectivity index (χ1n) is 6.69. The zero-order valence-corrected chi connectivity index (χ0v) is 11.8. The predicted molar refractivity (Wildman–Crippen MR) is 75.6 cm³/mol. The predicted octanol–water partition coefficient (Wildman–Crippen LogP) is 2.27. The Morgan fingerprint density at radius 2 is 2.39 bits per heavy atom. The second-order valence-corrected chi connectivity index (χ2v) is 6.25. The van der Waals surface area contributed by atoms with Crippen LogP contribution < -0.4 is 5.73 Å². The number of hydrogen-bond acceptors (Lipinski definition) is 3. The summed E-state index contributed by atoms with van der Waals surface area (Å²) in [7, 11) is 1.91. The lowest BCUT2D eigenvalue weighted by Crippen LogP contribution is -2.39. The van der Waals surface area contributed by atoms with Crippen LogP contribution in [0.15, 0.2) is 17.5 Å². The molecule has 1 aliphatic carbocycles. The molecule has 1 amide bonds. The third-order valence-electron chi connectivity index (χ3n) is 3.71. The second-order valence-electron chi connectivity index (χ2n) is 5.21. The second kappa shape index (κ2) is 6.34. The van der Waals surface area contributed by atoms with Gasteiger partial charge < -0.3 is 10.6 Å². The Morgan fingerprint density at radius 1 is 1.56 bits per heavy atom. The smallest absolute Gasteiger partial charge is 0.225 e. The molecule has 2 atom stereocenters. The van der Waals surface area contributed by atoms with E-state index in [1.54, 1.807) is 11.3 Å². The van der Waals surface area contributed by atoms with Crippen LogP contribution >= 0.6 is 11.3 Å². The molecule has 1 aromatic heterocycles. The summed E-state index contributed by atoms with van der Waals surface area (Å²) in [5.74, 6) is 0.434. The fourth-order valence-electron chi connectivity index (χ4n) is 2.61. The van der Waals surface area contributed by atoms with Gasteiger partial charge in [-0.2, -0.15) is 0 Å². The molecule has 4 heteroatoms. The fourth-order valence-corrected chi connectivity index (χ4v) is 3.30. The summed E-state index contributed by atoms with van der Waals surface area (Å²) in [6.45, 7) is 0.811. The van der Waals surface area contributed by atoms with Crippen LogP contribution in [0.1, 0.15) is 30.6 Å². The number of likely N-dealkylation sites (N-methyl/N-ethyl adjacent to an activating group) is 1. The lowest BCUT2D eigenvalue weighted by Gasteiger charge is -2.29. The van der Waals surface area contributed by atoms with Gasteiger partial charge in [0.2, 0.25) is 5.91 Å². The zero-order chi connectivity index (χ0) is 13.0. The Bertz CT molecular complexity index is 377. The number of hydrogen-bond donors (Lipinski definition) is 1. The maximum absolute atomic E-state index is 12.3. The number of rotatable bonds is 4. The van der Waals surface area contributed by atoms with E-state index in [2.05, 4.69) is 17.5 Å². The highest BCUT2D eigenvalue weighted by Crippen LogP contribution is 2.24. The van der Waals surface area contributed by atoms with Crippen molar-refractivity contribution >= 4 is 17.2 Å². The van der Waals surface area contributed by atoms with Crippen molar-refractivity contribution in [2.45, 2.75) is 38.1 Å². The van der Waals surface area contributed by atoms with Crippen LogP contribution in [0.2, 0.25) is 0 Å². The van der Waals surface area contributed by atoms with Crippen molar-refractivity contribution in [3.8, 4) is 0 Å². The van der Waals surface area contributed by atoms with Gasteiger partial charge in [0.1, 0.15) is 0 Å². The van der Waals surface area contributed by atoms with E-state index in [9.17, 15) is 4.79 Å². The lowest BCUT2D eigenvalue weighted by atomic mass is 9.85. The summed E-state index contributed by atoms with van der Waals surface area (Å²) in [5, 5.41) is 2.08. The van der Waals surface area contributed by atoms with E-state index in [0.29, 0.717) is 0 Å². The molecule has 3 nitrogen and oxygen atoms in total. The quantitative estimate of drug-likeness (QED) is 0.908. The van der Waals surface area contributed by atoms with Crippen LogP contribution in [-0.4, -0.2) is 30.4 Å². The summed E-state index contributed by atoms with van der Waals surface area (Å²) in [4.78, 5) is 15.5. The Hall–Kier alpha value is -0.870. The van der Waals surface area contributed by atoms with Gasteiger partial charge in [-0.1, -0.05) is 12.5 Å². The summed E-state index contributed by atoms with van der Waals surface area (Å²) < 4.78 is 0. The average Bonchev–Trinajstić information content (AvgIpc) is 2.88. The van der Waals surface area contributed by atoms with E-state index in [0.717, 1.165) is 38.6 Å². The third-order valence-corrected chi connectivity index (χ3v) is 4.65. The van der Waals surface area contributed by atoms with Crippen molar-refractivity contribution in [1.82, 2.24) is 4.90 Å². The van der Waals surface area contributed by atoms with Crippen molar-refractivity contribution in [2.24, 2.45) is 11.7 Å². The molecule has 0 saturated heterocycles. The van der Waals surface area contributed by atoms with E-state index in [4.69, 9.17) is 5.73 Å². The van der Waals surface area contributed by atoms with Gasteiger partial charge in [-0.05, 0) is 37.1 Å². The standard InChI is InChI=1S/C14H22N2OS/c1-16(8-7-13-6-3-9-18-13)14(17)11-4-2-5-12(15)10-11/h3,6,9,11-12H,2,4-5,7-8,10,15H2,1H3. The van der Waals surface area contributed by atoms with Gasteiger partial charge in [-0.25, -0.2) is 0 Å². The molecule has 1 saturated carbocycles. The molecule has 0 spiro atoms. The molecule has 2 unspecified atom stereocenters. The Kier molecular flexibility index (Phi) is 4.78. The van der Waals surface area contributed by atoms with Crippen LogP contribution in [0.5, 0.6) is 0 Å². The molecule has 2 N–H and O–H groups in total. The van der Waals surface area contributed by atoms with Gasteiger partial charge >= 0.3 is 0 Å². The van der Waals surface area contributed by atoms with Crippen LogP contribution in [0.4, 0.5) is 0 Å². The van der Waals surface area contributed by atoms with Gasteiger partial charge in [0.15, 0.2) is 0 Å². The normalized spacial score (nSPS) is 23.9. The van der Waals surface area contributed by atoms with Crippen molar-refractivity contribution < 1.29 is 4.79 Å². The van der Waals surface area contributed by atoms with Crippen LogP contribution in [-0.2, 0) is 11.2 Å². The number of nitrogens with zero attached hydrogens (tertiary/aromatic N) is 1. The van der Waals surface area contributed by atoms with Gasteiger partial charge in [0, 0.05) is 30.4 Å². The molecular formula is C14H22N2OS. The molecule has 0 aliphatic heterocycles. The number of nitrogens with two attached hydrogens (primary N) is 1. The maximum Gasteiger partial charge on any atom is 0.225 e. The highest BCUT2D eigenvalue weighted by molar-refractivity contribution is 7.09. The number of carbonyl (C=O) groups excluding carboxylic acids is 1. The van der Waals surface area contributed by atoms with E-state index >= 15 is 0 Å². The Labute approximate surface area is 113 Å². The molecule has 0 radical (unpaired) electrons. The first kappa shape index (κ1) is 13.6. The first-order valence-corrected chi connectivity index (χ1v) is 7.57. The molecule has 0 bridgehead atoms. The summed E-state index contributed by atoms with van der Waals surface area (Å²) in [6.07, 6.45) is 5.00. The van der Waals surface area contributed by atoms with E-state index in [-0.39, 0.29) is 17.9 Å². The minimum atomic E-state index is 0.155. The molecule has 1 fully saturated rings. The minimum absolute atomic E-state index is 0.155. The van der Waals surface area contributed by atoms with Gasteiger partial charge in [0.25, 0.3) is 0 Å². The molecule has 1 aliphatic rings. The zero-order valence-electron chi connectivity index (χ0n) is 11.0. The van der Waals surface area contributed by atoms with Crippen LogP contribution in [0.3, 0.4) is 0 Å². The first-order chi connectivity index (χ1) is 8.66. The van der Waals surface area contributed by atoms with Crippen LogP contribution in [0, 0.1) is 5.92 Å². The SMILES string of the molecule is CN(CCc1cccs1)C(=O)C1CCCC(N)C1. The monoisotopic (exact) mass is 266 g/mol. The van der Waals surface area contributed by atoms with E-state index in [1.807, 2.05) is 11.9 Å². The van der Waals surface area contributed by atoms with E-state index < -0.39 is 0 Å². The molecule has 1 aromatic rings. The third kappa shape index (κ3) is 3.56. The lowest BCUT2D eigenvalue weighted by molar-refractivity contribution is -0.135. The molecule has 1 heterocycles. The molecular weight excluding hydrogens is 244 g/mol. The Morgan fingerprint density at radius 3 is 3.06 bits per heavy atom. The fraction of sp³-hybridized carbons (Fsp3) is 0.643. The molecule has 2 rings (SSSR count). The highest BCUT2D eigenvalue weighted by atomic mass is 32.1. The summed E-state index contributed by atoms with van der Waals surface area (Å²) in [6, 6.07) is 4.40. The molecule has 100 valence electrons. The summed E-state index contributed by atoms with van der Waals surface area (Å²) in [5.41, 5.74) is 5.95. The number of thiophene rings is 1. The molecule has 18 heavy (non-hydrogen) atoms. The van der Waals surface area contributed by atoms with Crippen molar-refractivity contribution in [1.29, 1.82) is 0 Å². The average molecular weight is 266 g/mol. The number of amides is 1. The van der Waals surface area contributed by atoms with Gasteiger partial charge in [-0.15, -0.1) is 11.3 Å². The Balaban J connectivity index is 1.80. The summed E-state index contributed by atoms with van der Waals surface area (Å²) >= 11 is 1.75. The maximum atomic E-state index is 12.3. The van der Waals surface area contributed by atoms with Crippen molar-refractivity contribution in [2.75, 3.05) is 13.6 Å². The largest absolute Gasteiger partial charge is 0.345 e. The van der Waals surface area contributed by atoms with E-state index in [1.165, 1.54) is 4.88 Å². The minimum Gasteiger partial charge on any atom is -0.345 e. The van der Waals surface area contributed by atoms with Crippen molar-refractivity contribution in [3.63, 3.8) is 0 Å². The van der Waals surface area contributed by atoms with Crippen molar-refractivity contribution in [3.05, 3.63) is 22.4 Å². The van der Waals surface area contributed by atoms with Gasteiger partial charge in [-0.3, -0.25) is 4.79 Å². The topological polar surface area (TPSA) is 46.3 Å². The van der Waals surface area contributed by atoms with Gasteiger partial charge in [0.05, 0.1) is 0 Å². The highest BCUT2D eigenvalue weighted by Gasteiger charge is 2.27. The molecule has 0 aromatic carbocycles. The number of carbonyl (C=O) groups is 1. The van der Waals surface area contributed by atoms with Crippen LogP contribution in [0.25, 0.3) is 0 Å².